The number of benzene rings is 3. The summed E-state index contributed by atoms with van der Waals surface area (Å²) < 4.78 is 20.9. The summed E-state index contributed by atoms with van der Waals surface area (Å²) in [5.41, 5.74) is 8.83. The Morgan fingerprint density at radius 3 is 1.81 bits per heavy atom. The number of fused-ring (bicyclic) bond motifs is 5. The number of para-hydroxylation sites is 2. The van der Waals surface area contributed by atoms with Gasteiger partial charge in [-0.05, 0) is 54.7 Å². The minimum Gasteiger partial charge on any atom is -0.339 e. The Hall–Kier alpha value is -4.19. The second-order valence-electron chi connectivity index (χ2n) is 15.2. The van der Waals surface area contributed by atoms with Gasteiger partial charge in [0.1, 0.15) is 0 Å². The Morgan fingerprint density at radius 1 is 0.721 bits per heavy atom. The molecule has 1 spiro atoms. The molecule has 220 valence electrons. The first-order valence-electron chi connectivity index (χ1n) is 15.2. The predicted molar refractivity (Wildman–Crippen MR) is 171 cm³/mol. The van der Waals surface area contributed by atoms with Crippen molar-refractivity contribution in [1.82, 2.24) is 9.55 Å². The average molecular weight is 575 g/mol. The van der Waals surface area contributed by atoms with E-state index in [1.165, 1.54) is 16.7 Å². The molecule has 1 aromatic heterocycles. The molecule has 3 aliphatic heterocycles. The van der Waals surface area contributed by atoms with Crippen LogP contribution in [-0.2, 0) is 22.8 Å². The molecule has 6 nitrogen and oxygen atoms in total. The standard InChI is InChI=1S/C37H42N4O2/c1-34(2,3)27-16-24(20-39-15-14-38-23-39)32-25(17-27)21-40-30-12-10-11-13-31(30)41-22-26-18-28(35(4,5)6)19-29(36(7,8)9)33(26)43-37(40,41)42-32/h10-19,21-23H,20H2,1-9H3/q+2. The van der Waals surface area contributed by atoms with Crippen LogP contribution in [0.1, 0.15) is 95.7 Å². The Morgan fingerprint density at radius 2 is 1.28 bits per heavy atom. The normalized spacial score (nSPS) is 18.7. The number of aromatic nitrogens is 2. The van der Waals surface area contributed by atoms with Crippen LogP contribution in [0.4, 0.5) is 11.4 Å². The van der Waals surface area contributed by atoms with E-state index in [0.717, 1.165) is 39.6 Å². The summed E-state index contributed by atoms with van der Waals surface area (Å²) in [5, 5.41) is 0. The third-order valence-corrected chi connectivity index (χ3v) is 8.78. The molecule has 0 fully saturated rings. The van der Waals surface area contributed by atoms with Crippen LogP contribution in [0.15, 0.2) is 67.3 Å². The smallest absolute Gasteiger partial charge is 0.339 e. The van der Waals surface area contributed by atoms with E-state index in [1.807, 2.05) is 18.7 Å². The molecule has 0 aliphatic carbocycles. The van der Waals surface area contributed by atoms with Crippen molar-refractivity contribution in [1.29, 1.82) is 0 Å². The highest BCUT2D eigenvalue weighted by Gasteiger charge is 2.72. The van der Waals surface area contributed by atoms with Crippen molar-refractivity contribution in [2.24, 2.45) is 0 Å². The molecule has 0 amide bonds. The van der Waals surface area contributed by atoms with Gasteiger partial charge >= 0.3 is 6.03 Å². The lowest BCUT2D eigenvalue weighted by molar-refractivity contribution is -0.831. The van der Waals surface area contributed by atoms with Crippen LogP contribution in [0.2, 0.25) is 0 Å². The Bertz CT molecular complexity index is 1840. The maximum absolute atomic E-state index is 7.25. The van der Waals surface area contributed by atoms with E-state index in [1.54, 1.807) is 0 Å². The van der Waals surface area contributed by atoms with E-state index >= 15 is 0 Å². The van der Waals surface area contributed by atoms with Gasteiger partial charge in [-0.15, -0.1) is 0 Å². The van der Waals surface area contributed by atoms with Crippen molar-refractivity contribution < 1.29 is 18.6 Å². The molecule has 43 heavy (non-hydrogen) atoms. The number of ether oxygens (including phenoxy) is 2. The second-order valence-corrected chi connectivity index (χ2v) is 15.2. The quantitative estimate of drug-likeness (QED) is 0.230. The van der Waals surface area contributed by atoms with Crippen LogP contribution >= 0.6 is 0 Å². The Labute approximate surface area is 255 Å². The Balaban J connectivity index is 1.49. The molecular formula is C37H42N4O2+2. The third kappa shape index (κ3) is 4.33. The molecule has 3 aliphatic rings. The fourth-order valence-electron chi connectivity index (χ4n) is 6.27. The van der Waals surface area contributed by atoms with Gasteiger partial charge in [0.2, 0.25) is 0 Å². The lowest BCUT2D eigenvalue weighted by Crippen LogP contribution is -2.59. The average Bonchev–Trinajstić information content (AvgIpc) is 3.52. The van der Waals surface area contributed by atoms with E-state index < -0.39 is 6.03 Å². The lowest BCUT2D eigenvalue weighted by atomic mass is 9.79. The molecule has 1 atom stereocenters. The molecule has 0 bridgehead atoms. The van der Waals surface area contributed by atoms with Crippen molar-refractivity contribution in [3.63, 3.8) is 0 Å². The fraction of sp³-hybridized carbons (Fsp3) is 0.378. The van der Waals surface area contributed by atoms with Gasteiger partial charge in [-0.2, -0.15) is 0 Å². The lowest BCUT2D eigenvalue weighted by Gasteiger charge is -2.33. The van der Waals surface area contributed by atoms with Crippen LogP contribution < -0.4 is 9.47 Å². The topological polar surface area (TPSA) is 42.3 Å². The zero-order valence-corrected chi connectivity index (χ0v) is 26.8. The molecule has 0 N–H and O–H groups in total. The largest absolute Gasteiger partial charge is 0.715 e. The molecule has 1 unspecified atom stereocenters. The summed E-state index contributed by atoms with van der Waals surface area (Å²) >= 11 is 0. The highest BCUT2D eigenvalue weighted by molar-refractivity contribution is 5.87. The number of imidazole rings is 1. The molecule has 0 radical (unpaired) electrons. The third-order valence-electron chi connectivity index (χ3n) is 8.78. The fourth-order valence-corrected chi connectivity index (χ4v) is 6.27. The van der Waals surface area contributed by atoms with Gasteiger partial charge in [-0.3, -0.25) is 0 Å². The molecule has 7 rings (SSSR count). The summed E-state index contributed by atoms with van der Waals surface area (Å²) in [6.45, 7) is 21.0. The first kappa shape index (κ1) is 27.6. The minimum atomic E-state index is -1.24. The summed E-state index contributed by atoms with van der Waals surface area (Å²) in [6, 6.07) is 16.4. The molecule has 6 heteroatoms. The molecule has 3 aromatic carbocycles. The van der Waals surface area contributed by atoms with Crippen molar-refractivity contribution in [3.05, 3.63) is 101 Å². The van der Waals surface area contributed by atoms with Crippen molar-refractivity contribution in [2.45, 2.75) is 91.1 Å². The first-order valence-corrected chi connectivity index (χ1v) is 15.2. The van der Waals surface area contributed by atoms with Gasteiger partial charge < -0.3 is 14.0 Å². The molecule has 4 heterocycles. The second kappa shape index (κ2) is 8.91. The minimum absolute atomic E-state index is 0.00595. The summed E-state index contributed by atoms with van der Waals surface area (Å²) in [7, 11) is 0. The van der Waals surface area contributed by atoms with Crippen LogP contribution in [0.5, 0.6) is 11.5 Å². The van der Waals surface area contributed by atoms with Gasteiger partial charge in [-0.1, -0.05) is 80.5 Å². The van der Waals surface area contributed by atoms with Crippen molar-refractivity contribution in [3.8, 4) is 11.5 Å². The highest BCUT2D eigenvalue weighted by atomic mass is 16.7. The maximum atomic E-state index is 7.25. The number of hydrogen-bond donors (Lipinski definition) is 0. The van der Waals surface area contributed by atoms with Gasteiger partial charge in [0.25, 0.3) is 11.4 Å². The molecule has 0 saturated heterocycles. The van der Waals surface area contributed by atoms with Gasteiger partial charge in [-0.25, -0.2) is 4.98 Å². The van der Waals surface area contributed by atoms with Crippen molar-refractivity contribution >= 4 is 23.8 Å². The molecular weight excluding hydrogens is 532 g/mol. The molecule has 0 saturated carbocycles. The first-order chi connectivity index (χ1) is 20.1. The zero-order chi connectivity index (χ0) is 30.5. The summed E-state index contributed by atoms with van der Waals surface area (Å²) in [5.74, 6) is 1.70. The monoisotopic (exact) mass is 574 g/mol. The van der Waals surface area contributed by atoms with E-state index in [9.17, 15) is 0 Å². The summed E-state index contributed by atoms with van der Waals surface area (Å²) in [4.78, 5) is 4.30. The summed E-state index contributed by atoms with van der Waals surface area (Å²) in [6.07, 6.45) is 10.1. The zero-order valence-electron chi connectivity index (χ0n) is 26.8. The number of hydrogen-bond acceptors (Lipinski definition) is 3. The van der Waals surface area contributed by atoms with E-state index in [4.69, 9.17) is 9.47 Å². The Kier molecular flexibility index (Phi) is 5.73. The van der Waals surface area contributed by atoms with Crippen LogP contribution in [0, 0.1) is 0 Å². The van der Waals surface area contributed by atoms with E-state index in [2.05, 4.69) is 142 Å². The number of rotatable bonds is 2. The van der Waals surface area contributed by atoms with Crippen LogP contribution in [0.3, 0.4) is 0 Å². The molecule has 4 aromatic rings. The van der Waals surface area contributed by atoms with Gasteiger partial charge in [0.05, 0.1) is 24.0 Å². The van der Waals surface area contributed by atoms with Crippen LogP contribution in [-0.4, -0.2) is 37.2 Å². The van der Waals surface area contributed by atoms with Crippen molar-refractivity contribution in [2.75, 3.05) is 0 Å². The highest BCUT2D eigenvalue weighted by Crippen LogP contribution is 2.51. The number of nitrogens with zero attached hydrogens (tertiary/aromatic N) is 4. The maximum Gasteiger partial charge on any atom is 0.715 e. The van der Waals surface area contributed by atoms with E-state index in [0.29, 0.717) is 6.54 Å². The van der Waals surface area contributed by atoms with E-state index in [-0.39, 0.29) is 16.2 Å². The predicted octanol–water partition coefficient (Wildman–Crippen LogP) is 7.76. The van der Waals surface area contributed by atoms with Crippen LogP contribution in [0.25, 0.3) is 0 Å². The van der Waals surface area contributed by atoms with Gasteiger partial charge in [0, 0.05) is 35.7 Å². The van der Waals surface area contributed by atoms with Gasteiger partial charge in [0.15, 0.2) is 23.9 Å². The SMILES string of the molecule is CC(C)(C)c1cc2c(c(Cn3ccnc3)c1)OC13Oc4c(cc(C(C)(C)C)cc4C(C)(C)C)C=[N+]1c1ccccc1[N+]3=C2.